The number of aromatic nitrogens is 1. The third-order valence-corrected chi connectivity index (χ3v) is 5.06. The molecule has 0 fully saturated rings. The normalized spacial score (nSPS) is 10.6. The highest BCUT2D eigenvalue weighted by atomic mass is 16.5. The van der Waals surface area contributed by atoms with E-state index in [9.17, 15) is 9.59 Å². The lowest BCUT2D eigenvalue weighted by molar-refractivity contribution is -0.116. The fourth-order valence-corrected chi connectivity index (χ4v) is 3.09. The molecule has 31 heavy (non-hydrogen) atoms. The van der Waals surface area contributed by atoms with Gasteiger partial charge in [-0.15, -0.1) is 0 Å². The number of nitrogens with one attached hydrogen (secondary N) is 2. The Kier molecular flexibility index (Phi) is 7.07. The van der Waals surface area contributed by atoms with Crippen LogP contribution in [0.25, 0.3) is 0 Å². The monoisotopic (exact) mass is 421 g/mol. The van der Waals surface area contributed by atoms with Crippen LogP contribution in [0.3, 0.4) is 0 Å². The molecule has 0 bridgehead atoms. The summed E-state index contributed by atoms with van der Waals surface area (Å²) in [5.74, 6) is 1.26. The highest BCUT2D eigenvalue weighted by Crippen LogP contribution is 2.24. The lowest BCUT2D eigenvalue weighted by atomic mass is 10.1. The molecule has 2 aromatic carbocycles. The minimum absolute atomic E-state index is 0.0664. The first kappa shape index (κ1) is 22.1. The van der Waals surface area contributed by atoms with Crippen molar-refractivity contribution in [3.63, 3.8) is 0 Å². The van der Waals surface area contributed by atoms with E-state index in [0.29, 0.717) is 30.2 Å². The standard InChI is InChI=1S/C24H27N3O4/c1-5-23(28)25-21-7-6-8-22(15(21)2)26-24(29)13-18-9-11-19(12-10-18)30-14-20-16(3)27-31-17(20)4/h6-12H,5,13-14H2,1-4H3,(H,25,28)(H,26,29). The Morgan fingerprint density at radius 1 is 0.968 bits per heavy atom. The van der Waals surface area contributed by atoms with Crippen LogP contribution < -0.4 is 15.4 Å². The van der Waals surface area contributed by atoms with E-state index in [1.165, 1.54) is 0 Å². The second-order valence-electron chi connectivity index (χ2n) is 7.34. The smallest absolute Gasteiger partial charge is 0.228 e. The van der Waals surface area contributed by atoms with Crippen molar-refractivity contribution in [2.24, 2.45) is 0 Å². The first-order chi connectivity index (χ1) is 14.9. The number of hydrogen-bond acceptors (Lipinski definition) is 5. The average molecular weight is 421 g/mol. The minimum atomic E-state index is -0.133. The van der Waals surface area contributed by atoms with Gasteiger partial charge < -0.3 is 19.9 Å². The van der Waals surface area contributed by atoms with Gasteiger partial charge in [-0.1, -0.05) is 30.3 Å². The predicted octanol–water partition coefficient (Wildman–Crippen LogP) is 4.71. The number of rotatable bonds is 8. The van der Waals surface area contributed by atoms with Crippen LogP contribution in [-0.4, -0.2) is 17.0 Å². The maximum Gasteiger partial charge on any atom is 0.228 e. The average Bonchev–Trinajstić information content (AvgIpc) is 3.07. The highest BCUT2D eigenvalue weighted by Gasteiger charge is 2.11. The predicted molar refractivity (Wildman–Crippen MR) is 119 cm³/mol. The fraction of sp³-hybridized carbons (Fsp3) is 0.292. The topological polar surface area (TPSA) is 93.5 Å². The molecule has 2 N–H and O–H groups in total. The molecule has 0 atom stereocenters. The van der Waals surface area contributed by atoms with Crippen LogP contribution in [0.5, 0.6) is 5.75 Å². The van der Waals surface area contributed by atoms with Crippen LogP contribution in [0.1, 0.15) is 41.5 Å². The van der Waals surface area contributed by atoms with Crippen molar-refractivity contribution in [1.29, 1.82) is 0 Å². The Labute approximate surface area is 181 Å². The lowest BCUT2D eigenvalue weighted by Crippen LogP contribution is -2.16. The van der Waals surface area contributed by atoms with Gasteiger partial charge in [0.2, 0.25) is 11.8 Å². The van der Waals surface area contributed by atoms with Crippen molar-refractivity contribution in [3.8, 4) is 5.75 Å². The zero-order valence-corrected chi connectivity index (χ0v) is 18.2. The second-order valence-corrected chi connectivity index (χ2v) is 7.34. The SMILES string of the molecule is CCC(=O)Nc1cccc(NC(=O)Cc2ccc(OCc3c(C)noc3C)cc2)c1C. The van der Waals surface area contributed by atoms with Crippen LogP contribution in [0, 0.1) is 20.8 Å². The minimum Gasteiger partial charge on any atom is -0.489 e. The number of anilines is 2. The molecule has 0 radical (unpaired) electrons. The number of carbonyl (C=O) groups excluding carboxylic acids is 2. The lowest BCUT2D eigenvalue weighted by Gasteiger charge is -2.13. The number of ether oxygens (including phenoxy) is 1. The maximum atomic E-state index is 12.5. The molecule has 7 nitrogen and oxygen atoms in total. The maximum absolute atomic E-state index is 12.5. The zero-order valence-electron chi connectivity index (χ0n) is 18.2. The van der Waals surface area contributed by atoms with Gasteiger partial charge in [-0.05, 0) is 56.2 Å². The number of aryl methyl sites for hydroxylation is 2. The van der Waals surface area contributed by atoms with Gasteiger partial charge >= 0.3 is 0 Å². The Balaban J connectivity index is 1.57. The van der Waals surface area contributed by atoms with E-state index in [4.69, 9.17) is 9.26 Å². The van der Waals surface area contributed by atoms with Crippen LogP contribution in [0.15, 0.2) is 47.0 Å². The Morgan fingerprint density at radius 3 is 2.19 bits per heavy atom. The molecule has 0 saturated heterocycles. The third-order valence-electron chi connectivity index (χ3n) is 5.06. The van der Waals surface area contributed by atoms with Crippen molar-refractivity contribution >= 4 is 23.2 Å². The largest absolute Gasteiger partial charge is 0.489 e. The molecule has 0 aliphatic rings. The molecule has 1 heterocycles. The first-order valence-electron chi connectivity index (χ1n) is 10.2. The fourth-order valence-electron chi connectivity index (χ4n) is 3.09. The quantitative estimate of drug-likeness (QED) is 0.549. The molecule has 3 aromatic rings. The van der Waals surface area contributed by atoms with E-state index in [2.05, 4.69) is 15.8 Å². The van der Waals surface area contributed by atoms with Gasteiger partial charge in [-0.25, -0.2) is 0 Å². The summed E-state index contributed by atoms with van der Waals surface area (Å²) in [6.45, 7) is 7.78. The van der Waals surface area contributed by atoms with Crippen molar-refractivity contribution < 1.29 is 18.8 Å². The molecule has 0 saturated carbocycles. The van der Waals surface area contributed by atoms with E-state index in [1.807, 2.05) is 57.2 Å². The summed E-state index contributed by atoms with van der Waals surface area (Å²) in [5, 5.41) is 9.69. The van der Waals surface area contributed by atoms with Gasteiger partial charge in [0.1, 0.15) is 18.1 Å². The molecule has 3 rings (SSSR count). The number of amides is 2. The number of benzene rings is 2. The van der Waals surface area contributed by atoms with Crippen molar-refractivity contribution in [2.45, 2.75) is 47.1 Å². The Hall–Kier alpha value is -3.61. The molecule has 0 aliphatic heterocycles. The third kappa shape index (κ3) is 5.72. The van der Waals surface area contributed by atoms with Crippen molar-refractivity contribution in [1.82, 2.24) is 5.16 Å². The van der Waals surface area contributed by atoms with Gasteiger partial charge in [0, 0.05) is 17.8 Å². The summed E-state index contributed by atoms with van der Waals surface area (Å²) in [7, 11) is 0. The molecule has 0 spiro atoms. The van der Waals surface area contributed by atoms with Crippen LogP contribution in [0.2, 0.25) is 0 Å². The summed E-state index contributed by atoms with van der Waals surface area (Å²) >= 11 is 0. The van der Waals surface area contributed by atoms with E-state index in [1.54, 1.807) is 13.0 Å². The van der Waals surface area contributed by atoms with Gasteiger partial charge in [-0.3, -0.25) is 9.59 Å². The molecule has 162 valence electrons. The summed E-state index contributed by atoms with van der Waals surface area (Å²) in [6.07, 6.45) is 0.628. The van der Waals surface area contributed by atoms with Gasteiger partial charge in [0.05, 0.1) is 17.7 Å². The van der Waals surface area contributed by atoms with Gasteiger partial charge in [-0.2, -0.15) is 0 Å². The Morgan fingerprint density at radius 2 is 1.61 bits per heavy atom. The molecular weight excluding hydrogens is 394 g/mol. The first-order valence-corrected chi connectivity index (χ1v) is 10.2. The Bertz CT molecular complexity index is 1050. The molecular formula is C24H27N3O4. The molecule has 1 aromatic heterocycles. The van der Waals surface area contributed by atoms with Crippen LogP contribution in [0.4, 0.5) is 11.4 Å². The van der Waals surface area contributed by atoms with E-state index >= 15 is 0 Å². The molecule has 0 aliphatic carbocycles. The van der Waals surface area contributed by atoms with Crippen LogP contribution in [-0.2, 0) is 22.6 Å². The summed E-state index contributed by atoms with van der Waals surface area (Å²) in [4.78, 5) is 24.2. The number of nitrogens with zero attached hydrogens (tertiary/aromatic N) is 1. The summed E-state index contributed by atoms with van der Waals surface area (Å²) < 4.78 is 10.9. The number of carbonyl (C=O) groups is 2. The van der Waals surface area contributed by atoms with E-state index < -0.39 is 0 Å². The molecule has 0 unspecified atom stereocenters. The summed E-state index contributed by atoms with van der Waals surface area (Å²) in [5.41, 5.74) is 4.83. The van der Waals surface area contributed by atoms with Crippen LogP contribution >= 0.6 is 0 Å². The van der Waals surface area contributed by atoms with Gasteiger partial charge in [0.15, 0.2) is 0 Å². The van der Waals surface area contributed by atoms with Crippen molar-refractivity contribution in [3.05, 3.63) is 70.6 Å². The highest BCUT2D eigenvalue weighted by molar-refractivity contribution is 5.96. The van der Waals surface area contributed by atoms with Gasteiger partial charge in [0.25, 0.3) is 0 Å². The number of hydrogen-bond donors (Lipinski definition) is 2. The van der Waals surface area contributed by atoms with E-state index in [0.717, 1.165) is 28.1 Å². The molecule has 2 amide bonds. The molecule has 7 heteroatoms. The van der Waals surface area contributed by atoms with Crippen molar-refractivity contribution in [2.75, 3.05) is 10.6 Å². The second kappa shape index (κ2) is 9.93. The zero-order chi connectivity index (χ0) is 22.4. The summed E-state index contributed by atoms with van der Waals surface area (Å²) in [6, 6.07) is 12.9. The van der Waals surface area contributed by atoms with E-state index in [-0.39, 0.29) is 18.2 Å².